The number of nitrogens with one attached hydrogen (secondary N) is 2. The molecular formula is C19H28F2N2O2. The first-order chi connectivity index (χ1) is 11.7. The molecule has 1 aliphatic carbocycles. The van der Waals surface area contributed by atoms with Crippen molar-refractivity contribution in [1.82, 2.24) is 10.6 Å². The molecule has 0 saturated heterocycles. The van der Waals surface area contributed by atoms with Crippen molar-refractivity contribution in [1.29, 1.82) is 0 Å². The molecule has 1 saturated carbocycles. The summed E-state index contributed by atoms with van der Waals surface area (Å²) in [5.74, 6) is -1.69. The lowest BCUT2D eigenvalue weighted by molar-refractivity contribution is 0.0489. The Bertz CT molecular complexity index is 587. The molecule has 0 heterocycles. The van der Waals surface area contributed by atoms with Crippen molar-refractivity contribution in [2.75, 3.05) is 0 Å². The van der Waals surface area contributed by atoms with Crippen LogP contribution in [0.1, 0.15) is 58.4 Å². The van der Waals surface area contributed by atoms with Crippen LogP contribution in [0, 0.1) is 11.6 Å². The highest BCUT2D eigenvalue weighted by Crippen LogP contribution is 2.20. The summed E-state index contributed by atoms with van der Waals surface area (Å²) in [7, 11) is 0. The van der Waals surface area contributed by atoms with E-state index in [9.17, 15) is 13.6 Å². The van der Waals surface area contributed by atoms with E-state index in [0.717, 1.165) is 38.2 Å². The number of hydrogen-bond acceptors (Lipinski definition) is 3. The maximum atomic E-state index is 13.3. The number of ether oxygens (including phenoxy) is 1. The molecule has 2 unspecified atom stereocenters. The van der Waals surface area contributed by atoms with Crippen LogP contribution in [-0.2, 0) is 11.3 Å². The summed E-state index contributed by atoms with van der Waals surface area (Å²) in [5, 5.41) is 6.35. The molecule has 1 fully saturated rings. The zero-order valence-electron chi connectivity index (χ0n) is 15.2. The van der Waals surface area contributed by atoms with Gasteiger partial charge in [0.2, 0.25) is 0 Å². The van der Waals surface area contributed by atoms with Gasteiger partial charge in [0.05, 0.1) is 0 Å². The Morgan fingerprint density at radius 2 is 1.80 bits per heavy atom. The van der Waals surface area contributed by atoms with Crippen LogP contribution in [0.5, 0.6) is 0 Å². The van der Waals surface area contributed by atoms with Crippen LogP contribution in [-0.4, -0.2) is 23.8 Å². The quantitative estimate of drug-likeness (QED) is 0.794. The molecular weight excluding hydrogens is 326 g/mol. The molecule has 25 heavy (non-hydrogen) atoms. The van der Waals surface area contributed by atoms with Crippen LogP contribution in [0.15, 0.2) is 18.2 Å². The largest absolute Gasteiger partial charge is 0.444 e. The molecule has 0 aliphatic heterocycles. The molecule has 0 bridgehead atoms. The fourth-order valence-electron chi connectivity index (χ4n) is 3.08. The van der Waals surface area contributed by atoms with Gasteiger partial charge in [-0.25, -0.2) is 13.6 Å². The highest BCUT2D eigenvalue weighted by Gasteiger charge is 2.27. The topological polar surface area (TPSA) is 50.4 Å². The van der Waals surface area contributed by atoms with E-state index in [0.29, 0.717) is 12.1 Å². The predicted molar refractivity (Wildman–Crippen MR) is 93.2 cm³/mol. The summed E-state index contributed by atoms with van der Waals surface area (Å²) in [6, 6.07) is 3.94. The van der Waals surface area contributed by atoms with Crippen molar-refractivity contribution in [3.05, 3.63) is 35.4 Å². The lowest BCUT2D eigenvalue weighted by Gasteiger charge is -2.29. The Morgan fingerprint density at radius 1 is 1.12 bits per heavy atom. The summed E-state index contributed by atoms with van der Waals surface area (Å²) in [4.78, 5) is 12.1. The second-order valence-corrected chi connectivity index (χ2v) is 7.63. The van der Waals surface area contributed by atoms with Gasteiger partial charge in [-0.3, -0.25) is 0 Å². The van der Waals surface area contributed by atoms with Gasteiger partial charge in [0.15, 0.2) is 11.6 Å². The maximum absolute atomic E-state index is 13.3. The van der Waals surface area contributed by atoms with Gasteiger partial charge in [-0.15, -0.1) is 0 Å². The van der Waals surface area contributed by atoms with Crippen LogP contribution >= 0.6 is 0 Å². The number of halogens is 2. The summed E-state index contributed by atoms with van der Waals surface area (Å²) in [5.41, 5.74) is 0.141. The van der Waals surface area contributed by atoms with Crippen LogP contribution in [0.2, 0.25) is 0 Å². The summed E-state index contributed by atoms with van der Waals surface area (Å²) in [6.45, 7) is 5.92. The smallest absolute Gasteiger partial charge is 0.407 e. The molecule has 2 atom stereocenters. The van der Waals surface area contributed by atoms with Crippen LogP contribution in [0.4, 0.5) is 13.6 Å². The van der Waals surface area contributed by atoms with Crippen molar-refractivity contribution < 1.29 is 18.3 Å². The first-order valence-electron chi connectivity index (χ1n) is 8.91. The minimum Gasteiger partial charge on any atom is -0.444 e. The number of benzene rings is 1. The van der Waals surface area contributed by atoms with Crippen molar-refractivity contribution >= 4 is 6.09 Å². The molecule has 140 valence electrons. The minimum atomic E-state index is -0.845. The molecule has 1 amide bonds. The molecule has 1 aromatic rings. The van der Waals surface area contributed by atoms with Crippen molar-refractivity contribution in [3.8, 4) is 0 Å². The highest BCUT2D eigenvalue weighted by atomic mass is 19.2. The van der Waals surface area contributed by atoms with Gasteiger partial charge in [0.1, 0.15) is 5.60 Å². The molecule has 2 rings (SSSR count). The van der Waals surface area contributed by atoms with Gasteiger partial charge in [0, 0.05) is 18.6 Å². The molecule has 0 aromatic heterocycles. The van der Waals surface area contributed by atoms with Gasteiger partial charge in [-0.1, -0.05) is 25.3 Å². The third kappa shape index (κ3) is 6.61. The maximum Gasteiger partial charge on any atom is 0.407 e. The summed E-state index contributed by atoms with van der Waals surface area (Å²) in [6.07, 6.45) is 4.61. The molecule has 1 aliphatic rings. The average Bonchev–Trinajstić information content (AvgIpc) is 2.72. The third-order valence-corrected chi connectivity index (χ3v) is 4.27. The first kappa shape index (κ1) is 19.6. The Labute approximate surface area is 148 Å². The first-order valence-corrected chi connectivity index (χ1v) is 8.91. The van der Waals surface area contributed by atoms with Gasteiger partial charge < -0.3 is 15.4 Å². The fourth-order valence-corrected chi connectivity index (χ4v) is 3.08. The molecule has 4 nitrogen and oxygen atoms in total. The van der Waals surface area contributed by atoms with E-state index in [-0.39, 0.29) is 12.1 Å². The molecule has 0 spiro atoms. The van der Waals surface area contributed by atoms with Gasteiger partial charge >= 0.3 is 6.09 Å². The molecule has 0 radical (unpaired) electrons. The SMILES string of the molecule is CC(C)(C)OC(=O)NC1CCCCCC1NCc1ccc(F)c(F)c1. The number of alkyl carbamates (subject to hydrolysis) is 1. The van der Waals surface area contributed by atoms with E-state index in [1.54, 1.807) is 6.07 Å². The van der Waals surface area contributed by atoms with Crippen LogP contribution in [0.25, 0.3) is 0 Å². The van der Waals surface area contributed by atoms with Crippen molar-refractivity contribution in [3.63, 3.8) is 0 Å². The van der Waals surface area contributed by atoms with Crippen molar-refractivity contribution in [2.24, 2.45) is 0 Å². The molecule has 1 aromatic carbocycles. The third-order valence-electron chi connectivity index (χ3n) is 4.27. The summed E-state index contributed by atoms with van der Waals surface area (Å²) < 4.78 is 31.7. The zero-order valence-corrected chi connectivity index (χ0v) is 15.2. The second kappa shape index (κ2) is 8.61. The lowest BCUT2D eigenvalue weighted by Crippen LogP contribution is -2.50. The standard InChI is InChI=1S/C19H28F2N2O2/c1-19(2,3)25-18(24)23-17-8-6-4-5-7-16(17)22-12-13-9-10-14(20)15(21)11-13/h9-11,16-17,22H,4-8,12H2,1-3H3,(H,23,24). The minimum absolute atomic E-state index is 0.0392. The second-order valence-electron chi connectivity index (χ2n) is 7.63. The number of rotatable bonds is 4. The normalized spacial score (nSPS) is 21.5. The lowest BCUT2D eigenvalue weighted by atomic mass is 10.0. The van der Waals surface area contributed by atoms with Crippen LogP contribution < -0.4 is 10.6 Å². The molecule has 2 N–H and O–H groups in total. The van der Waals surface area contributed by atoms with E-state index in [1.807, 2.05) is 20.8 Å². The van der Waals surface area contributed by atoms with E-state index in [2.05, 4.69) is 10.6 Å². The van der Waals surface area contributed by atoms with Crippen LogP contribution in [0.3, 0.4) is 0 Å². The Balaban J connectivity index is 1.96. The predicted octanol–water partition coefficient (Wildman–Crippen LogP) is 4.28. The number of amides is 1. The monoisotopic (exact) mass is 354 g/mol. The zero-order chi connectivity index (χ0) is 18.4. The Morgan fingerprint density at radius 3 is 2.44 bits per heavy atom. The molecule has 6 heteroatoms. The fraction of sp³-hybridized carbons (Fsp3) is 0.632. The Kier molecular flexibility index (Phi) is 6.76. The Hall–Kier alpha value is -1.69. The summed E-state index contributed by atoms with van der Waals surface area (Å²) >= 11 is 0. The van der Waals surface area contributed by atoms with E-state index >= 15 is 0 Å². The number of carbonyl (C=O) groups excluding carboxylic acids is 1. The average molecular weight is 354 g/mol. The van der Waals surface area contributed by atoms with E-state index < -0.39 is 23.3 Å². The van der Waals surface area contributed by atoms with E-state index in [1.165, 1.54) is 6.07 Å². The van der Waals surface area contributed by atoms with E-state index in [4.69, 9.17) is 4.74 Å². The number of hydrogen-bond donors (Lipinski definition) is 2. The number of carbonyl (C=O) groups is 1. The van der Waals surface area contributed by atoms with Crippen molar-refractivity contribution in [2.45, 2.75) is 77.1 Å². The highest BCUT2D eigenvalue weighted by molar-refractivity contribution is 5.68. The van der Waals surface area contributed by atoms with Gasteiger partial charge in [-0.2, -0.15) is 0 Å². The van der Waals surface area contributed by atoms with Gasteiger partial charge in [-0.05, 0) is 51.3 Å². The van der Waals surface area contributed by atoms with Gasteiger partial charge in [0.25, 0.3) is 0 Å².